The molecule has 0 bridgehead atoms. The van der Waals surface area contributed by atoms with Crippen molar-refractivity contribution in [2.75, 3.05) is 0 Å². The van der Waals surface area contributed by atoms with Crippen molar-refractivity contribution >= 4 is 0 Å². The molecule has 1 aromatic heterocycles. The molecule has 4 nitrogen and oxygen atoms in total. The molecule has 3 aromatic rings. The van der Waals surface area contributed by atoms with Gasteiger partial charge in [0.1, 0.15) is 12.4 Å². The molecule has 0 aliphatic rings. The van der Waals surface area contributed by atoms with Gasteiger partial charge in [-0.2, -0.15) is 10.4 Å². The minimum atomic E-state index is 0.419. The van der Waals surface area contributed by atoms with Crippen LogP contribution < -0.4 is 4.74 Å². The van der Waals surface area contributed by atoms with E-state index in [1.165, 1.54) is 0 Å². The second-order valence-corrected chi connectivity index (χ2v) is 5.79. The van der Waals surface area contributed by atoms with Crippen LogP contribution in [0.15, 0.2) is 48.5 Å². The number of aromatic nitrogens is 2. The first-order valence-corrected chi connectivity index (χ1v) is 7.84. The first-order valence-electron chi connectivity index (χ1n) is 7.84. The van der Waals surface area contributed by atoms with E-state index in [9.17, 15) is 0 Å². The number of ether oxygens (including phenoxy) is 1. The van der Waals surface area contributed by atoms with E-state index in [1.54, 1.807) is 6.07 Å². The lowest BCUT2D eigenvalue weighted by atomic mass is 10.0. The van der Waals surface area contributed by atoms with E-state index in [4.69, 9.17) is 10.00 Å². The van der Waals surface area contributed by atoms with Crippen molar-refractivity contribution in [1.82, 2.24) is 9.78 Å². The van der Waals surface area contributed by atoms with E-state index < -0.39 is 0 Å². The van der Waals surface area contributed by atoms with Gasteiger partial charge in [0, 0.05) is 0 Å². The lowest BCUT2D eigenvalue weighted by Gasteiger charge is -2.13. The number of rotatable bonds is 4. The Kier molecular flexibility index (Phi) is 4.35. The summed E-state index contributed by atoms with van der Waals surface area (Å²) < 4.78 is 7.91. The van der Waals surface area contributed by atoms with Gasteiger partial charge >= 0.3 is 0 Å². The molecule has 0 saturated heterocycles. The van der Waals surface area contributed by atoms with Crippen LogP contribution in [0.3, 0.4) is 0 Å². The third-order valence-electron chi connectivity index (χ3n) is 4.14. The zero-order valence-electron chi connectivity index (χ0n) is 14.1. The first kappa shape index (κ1) is 15.8. The van der Waals surface area contributed by atoms with Crippen molar-refractivity contribution in [1.29, 1.82) is 5.26 Å². The Bertz CT molecular complexity index is 905. The first-order chi connectivity index (χ1) is 11.6. The van der Waals surface area contributed by atoms with E-state index in [0.29, 0.717) is 12.2 Å². The van der Waals surface area contributed by atoms with Crippen LogP contribution in [0, 0.1) is 32.1 Å². The molecule has 0 unspecified atom stereocenters. The maximum absolute atomic E-state index is 9.10. The third kappa shape index (κ3) is 3.02. The summed E-state index contributed by atoms with van der Waals surface area (Å²) in [7, 11) is 0. The Morgan fingerprint density at radius 2 is 1.79 bits per heavy atom. The lowest BCUT2D eigenvalue weighted by molar-refractivity contribution is 0.295. The maximum atomic E-state index is 9.10. The summed E-state index contributed by atoms with van der Waals surface area (Å²) in [6.45, 7) is 6.31. The Morgan fingerprint density at radius 1 is 1.04 bits per heavy atom. The van der Waals surface area contributed by atoms with E-state index in [0.717, 1.165) is 34.0 Å². The molecule has 24 heavy (non-hydrogen) atoms. The fraction of sp³-hybridized carbons (Fsp3) is 0.200. The smallest absolute Gasteiger partial charge is 0.130 e. The topological polar surface area (TPSA) is 50.8 Å². The number of hydrogen-bond acceptors (Lipinski definition) is 3. The molecule has 3 rings (SSSR count). The average molecular weight is 317 g/mol. The maximum Gasteiger partial charge on any atom is 0.130 e. The molecule has 0 fully saturated rings. The van der Waals surface area contributed by atoms with E-state index >= 15 is 0 Å². The minimum Gasteiger partial charge on any atom is -0.487 e. The minimum absolute atomic E-state index is 0.419. The summed E-state index contributed by atoms with van der Waals surface area (Å²) in [5, 5.41) is 13.7. The molecule has 0 spiro atoms. The molecular formula is C20H19N3O. The molecule has 0 amide bonds. The van der Waals surface area contributed by atoms with Gasteiger partial charge in [-0.05, 0) is 62.2 Å². The fourth-order valence-electron chi connectivity index (χ4n) is 2.67. The predicted octanol–water partition coefficient (Wildman–Crippen LogP) is 4.25. The summed E-state index contributed by atoms with van der Waals surface area (Å²) >= 11 is 0. The van der Waals surface area contributed by atoms with Crippen LogP contribution in [-0.4, -0.2) is 9.78 Å². The van der Waals surface area contributed by atoms with Crippen molar-refractivity contribution in [3.63, 3.8) is 0 Å². The summed E-state index contributed by atoms with van der Waals surface area (Å²) in [5.74, 6) is 0.796. The Balaban J connectivity index is 1.86. The predicted molar refractivity (Wildman–Crippen MR) is 93.3 cm³/mol. The van der Waals surface area contributed by atoms with Crippen LogP contribution in [0.4, 0.5) is 0 Å². The highest BCUT2D eigenvalue weighted by Gasteiger charge is 2.11. The molecule has 0 saturated carbocycles. The van der Waals surface area contributed by atoms with Gasteiger partial charge in [0.05, 0.1) is 28.7 Å². The Hall–Kier alpha value is -3.06. The average Bonchev–Trinajstić information content (AvgIpc) is 2.98. The van der Waals surface area contributed by atoms with Crippen molar-refractivity contribution in [2.45, 2.75) is 27.4 Å². The SMILES string of the molecule is Cc1cc(COc2ccc(C#N)c(C)c2C)n(-c2ccccc2)n1. The molecule has 0 aliphatic heterocycles. The van der Waals surface area contributed by atoms with Crippen molar-refractivity contribution in [2.24, 2.45) is 0 Å². The number of benzene rings is 2. The molecule has 120 valence electrons. The Labute approximate surface area is 141 Å². The molecular weight excluding hydrogens is 298 g/mol. The standard InChI is InChI=1S/C20H19N3O/c1-14-11-19(23(22-14)18-7-5-4-6-8-18)13-24-20-10-9-17(12-21)15(2)16(20)3/h4-11H,13H2,1-3H3. The van der Waals surface area contributed by atoms with Crippen molar-refractivity contribution in [3.8, 4) is 17.5 Å². The van der Waals surface area contributed by atoms with Crippen LogP contribution in [-0.2, 0) is 6.61 Å². The number of para-hydroxylation sites is 1. The highest BCUT2D eigenvalue weighted by molar-refractivity contribution is 5.48. The monoisotopic (exact) mass is 317 g/mol. The normalized spacial score (nSPS) is 10.4. The van der Waals surface area contributed by atoms with Crippen molar-refractivity contribution < 1.29 is 4.74 Å². The van der Waals surface area contributed by atoms with Crippen LogP contribution in [0.25, 0.3) is 5.69 Å². The number of nitriles is 1. The van der Waals surface area contributed by atoms with E-state index in [2.05, 4.69) is 11.2 Å². The number of hydrogen-bond donors (Lipinski definition) is 0. The van der Waals surface area contributed by atoms with Crippen molar-refractivity contribution in [3.05, 3.63) is 76.6 Å². The molecule has 0 atom stereocenters. The van der Waals surface area contributed by atoms with Gasteiger partial charge in [0.2, 0.25) is 0 Å². The van der Waals surface area contributed by atoms with Crippen LogP contribution in [0.5, 0.6) is 5.75 Å². The van der Waals surface area contributed by atoms with Crippen LogP contribution in [0.2, 0.25) is 0 Å². The lowest BCUT2D eigenvalue weighted by Crippen LogP contribution is -2.06. The number of nitrogens with zero attached hydrogens (tertiary/aromatic N) is 3. The fourth-order valence-corrected chi connectivity index (χ4v) is 2.67. The largest absolute Gasteiger partial charge is 0.487 e. The van der Waals surface area contributed by atoms with E-state index in [1.807, 2.05) is 67.9 Å². The second-order valence-electron chi connectivity index (χ2n) is 5.79. The molecule has 0 aliphatic carbocycles. The summed E-state index contributed by atoms with van der Waals surface area (Å²) in [4.78, 5) is 0. The molecule has 0 radical (unpaired) electrons. The van der Waals surface area contributed by atoms with Gasteiger partial charge in [-0.3, -0.25) is 0 Å². The molecule has 0 N–H and O–H groups in total. The molecule has 2 aromatic carbocycles. The van der Waals surface area contributed by atoms with Gasteiger partial charge < -0.3 is 4.74 Å². The second kappa shape index (κ2) is 6.59. The summed E-state index contributed by atoms with van der Waals surface area (Å²) in [6, 6.07) is 17.9. The van der Waals surface area contributed by atoms with Gasteiger partial charge in [-0.25, -0.2) is 4.68 Å². The van der Waals surface area contributed by atoms with Gasteiger partial charge in [0.25, 0.3) is 0 Å². The Morgan fingerprint density at radius 3 is 2.50 bits per heavy atom. The molecule has 1 heterocycles. The highest BCUT2D eigenvalue weighted by atomic mass is 16.5. The van der Waals surface area contributed by atoms with Gasteiger partial charge in [-0.15, -0.1) is 0 Å². The zero-order valence-corrected chi connectivity index (χ0v) is 14.1. The van der Waals surface area contributed by atoms with Gasteiger partial charge in [0.15, 0.2) is 0 Å². The summed E-state index contributed by atoms with van der Waals surface area (Å²) in [5.41, 5.74) is 5.59. The highest BCUT2D eigenvalue weighted by Crippen LogP contribution is 2.25. The zero-order chi connectivity index (χ0) is 17.1. The van der Waals surface area contributed by atoms with Gasteiger partial charge in [-0.1, -0.05) is 18.2 Å². The third-order valence-corrected chi connectivity index (χ3v) is 4.14. The summed E-state index contributed by atoms with van der Waals surface area (Å²) in [6.07, 6.45) is 0. The molecule has 4 heteroatoms. The number of aryl methyl sites for hydroxylation is 1. The van der Waals surface area contributed by atoms with Crippen LogP contribution in [0.1, 0.15) is 28.1 Å². The quantitative estimate of drug-likeness (QED) is 0.723. The van der Waals surface area contributed by atoms with E-state index in [-0.39, 0.29) is 0 Å². The van der Waals surface area contributed by atoms with Crippen LogP contribution >= 0.6 is 0 Å².